The lowest BCUT2D eigenvalue weighted by Gasteiger charge is -2.30. The summed E-state index contributed by atoms with van der Waals surface area (Å²) in [6, 6.07) is -1.33. The van der Waals surface area contributed by atoms with Crippen LogP contribution in [0.15, 0.2) is 5.18 Å². The van der Waals surface area contributed by atoms with Crippen molar-refractivity contribution in [3.63, 3.8) is 0 Å². The standard InChI is InChI=1S/C12H20N2O3/c1-8-5-6-14(9(8)7-15)11(16)10(13-17)12(2,3)4/h7-10H,5-6H2,1-4H3/t8-,9-,10-/m1/s1. The Bertz CT molecular complexity index is 322. The van der Waals surface area contributed by atoms with E-state index in [1.54, 1.807) is 20.8 Å². The van der Waals surface area contributed by atoms with E-state index in [4.69, 9.17) is 0 Å². The van der Waals surface area contributed by atoms with Crippen molar-refractivity contribution in [3.05, 3.63) is 4.91 Å². The number of amides is 1. The summed E-state index contributed by atoms with van der Waals surface area (Å²) in [5.74, 6) is -0.169. The lowest BCUT2D eigenvalue weighted by Crippen LogP contribution is -2.47. The lowest BCUT2D eigenvalue weighted by atomic mass is 9.86. The van der Waals surface area contributed by atoms with Gasteiger partial charge < -0.3 is 9.69 Å². The highest BCUT2D eigenvalue weighted by atomic mass is 16.3. The number of carbonyl (C=O) groups excluding carboxylic acids is 2. The van der Waals surface area contributed by atoms with E-state index in [9.17, 15) is 14.5 Å². The molecule has 0 aromatic rings. The number of likely N-dealkylation sites (tertiary alicyclic amines) is 1. The van der Waals surface area contributed by atoms with Crippen LogP contribution in [0.4, 0.5) is 0 Å². The fourth-order valence-corrected chi connectivity index (χ4v) is 2.17. The number of nitroso groups, excluding NO2 is 1. The summed E-state index contributed by atoms with van der Waals surface area (Å²) in [7, 11) is 0. The van der Waals surface area contributed by atoms with Gasteiger partial charge in [0.1, 0.15) is 6.29 Å². The third-order valence-electron chi connectivity index (χ3n) is 3.35. The van der Waals surface area contributed by atoms with E-state index in [1.165, 1.54) is 4.90 Å². The molecule has 1 fully saturated rings. The van der Waals surface area contributed by atoms with Crippen LogP contribution < -0.4 is 0 Å². The van der Waals surface area contributed by atoms with Gasteiger partial charge in [-0.25, -0.2) is 0 Å². The van der Waals surface area contributed by atoms with Crippen LogP contribution in [0, 0.1) is 16.2 Å². The van der Waals surface area contributed by atoms with Crippen LogP contribution in [0.2, 0.25) is 0 Å². The summed E-state index contributed by atoms with van der Waals surface area (Å²) in [5.41, 5.74) is -0.516. The molecule has 5 nitrogen and oxygen atoms in total. The predicted molar refractivity (Wildman–Crippen MR) is 64.4 cm³/mol. The number of rotatable bonds is 3. The van der Waals surface area contributed by atoms with E-state index >= 15 is 0 Å². The number of hydrogen-bond acceptors (Lipinski definition) is 4. The quantitative estimate of drug-likeness (QED) is 0.556. The average Bonchev–Trinajstić information content (AvgIpc) is 2.58. The van der Waals surface area contributed by atoms with Gasteiger partial charge in [0.05, 0.1) is 6.04 Å². The monoisotopic (exact) mass is 240 g/mol. The first-order valence-corrected chi connectivity index (χ1v) is 5.91. The highest BCUT2D eigenvalue weighted by Crippen LogP contribution is 2.29. The Labute approximate surface area is 102 Å². The maximum atomic E-state index is 12.2. The first kappa shape index (κ1) is 13.8. The SMILES string of the molecule is C[C@@H]1CCN(C(=O)[C@@H](N=O)C(C)(C)C)[C@@H]1C=O. The van der Waals surface area contributed by atoms with Crippen LogP contribution in [0.1, 0.15) is 34.1 Å². The molecule has 0 aliphatic carbocycles. The highest BCUT2D eigenvalue weighted by molar-refractivity contribution is 5.86. The van der Waals surface area contributed by atoms with Crippen molar-refractivity contribution in [3.8, 4) is 0 Å². The van der Waals surface area contributed by atoms with E-state index in [1.807, 2.05) is 6.92 Å². The molecule has 3 atom stereocenters. The first-order valence-electron chi connectivity index (χ1n) is 5.91. The summed E-state index contributed by atoms with van der Waals surface area (Å²) in [6.07, 6.45) is 1.59. The molecule has 1 heterocycles. The van der Waals surface area contributed by atoms with Gasteiger partial charge in [-0.1, -0.05) is 32.9 Å². The zero-order chi connectivity index (χ0) is 13.2. The molecule has 0 bridgehead atoms. The van der Waals surface area contributed by atoms with Gasteiger partial charge in [0.25, 0.3) is 5.91 Å². The number of nitrogens with zero attached hydrogens (tertiary/aromatic N) is 2. The molecule has 0 unspecified atom stereocenters. The van der Waals surface area contributed by atoms with Crippen LogP contribution >= 0.6 is 0 Å². The fourth-order valence-electron chi connectivity index (χ4n) is 2.17. The van der Waals surface area contributed by atoms with Gasteiger partial charge in [0, 0.05) is 6.54 Å². The van der Waals surface area contributed by atoms with Crippen molar-refractivity contribution in [2.45, 2.75) is 46.2 Å². The molecule has 5 heteroatoms. The van der Waals surface area contributed by atoms with Crippen LogP contribution in [-0.2, 0) is 9.59 Å². The molecule has 0 N–H and O–H groups in total. The van der Waals surface area contributed by atoms with Gasteiger partial charge in [-0.05, 0) is 17.8 Å². The summed E-state index contributed by atoms with van der Waals surface area (Å²) in [6.45, 7) is 7.86. The first-order chi connectivity index (χ1) is 7.82. The summed E-state index contributed by atoms with van der Waals surface area (Å²) in [4.78, 5) is 35.5. The smallest absolute Gasteiger partial charge is 0.252 e. The van der Waals surface area contributed by atoms with Gasteiger partial charge in [-0.3, -0.25) is 4.79 Å². The Hall–Kier alpha value is -1.26. The molecule has 0 saturated carbocycles. The van der Waals surface area contributed by atoms with Crippen molar-refractivity contribution in [2.24, 2.45) is 16.5 Å². The van der Waals surface area contributed by atoms with Crippen LogP contribution in [0.5, 0.6) is 0 Å². The van der Waals surface area contributed by atoms with Crippen molar-refractivity contribution >= 4 is 12.2 Å². The highest BCUT2D eigenvalue weighted by Gasteiger charge is 2.41. The second-order valence-electron chi connectivity index (χ2n) is 5.80. The molecular weight excluding hydrogens is 220 g/mol. The van der Waals surface area contributed by atoms with Gasteiger partial charge in [0.15, 0.2) is 6.04 Å². The second-order valence-corrected chi connectivity index (χ2v) is 5.80. The Kier molecular flexibility index (Phi) is 4.01. The molecule has 0 aromatic heterocycles. The molecule has 1 saturated heterocycles. The largest absolute Gasteiger partial charge is 0.331 e. The minimum atomic E-state index is -0.921. The fraction of sp³-hybridized carbons (Fsp3) is 0.833. The van der Waals surface area contributed by atoms with Crippen LogP contribution in [0.3, 0.4) is 0 Å². The molecule has 1 aliphatic rings. The Balaban J connectivity index is 2.89. The van der Waals surface area contributed by atoms with E-state index in [0.717, 1.165) is 12.7 Å². The van der Waals surface area contributed by atoms with Crippen molar-refractivity contribution < 1.29 is 9.59 Å². The molecule has 1 amide bonds. The Morgan fingerprint density at radius 2 is 2.06 bits per heavy atom. The van der Waals surface area contributed by atoms with Crippen molar-refractivity contribution in [1.29, 1.82) is 0 Å². The molecule has 1 aliphatic heterocycles. The minimum Gasteiger partial charge on any atom is -0.331 e. The van der Waals surface area contributed by atoms with E-state index in [2.05, 4.69) is 5.18 Å². The molecule has 96 valence electrons. The maximum absolute atomic E-state index is 12.2. The molecule has 1 rings (SSSR count). The normalized spacial score (nSPS) is 26.7. The zero-order valence-electron chi connectivity index (χ0n) is 10.8. The predicted octanol–water partition coefficient (Wildman–Crippen LogP) is 1.60. The van der Waals surface area contributed by atoms with Crippen molar-refractivity contribution in [2.75, 3.05) is 6.54 Å². The molecule has 0 radical (unpaired) electrons. The molecule has 17 heavy (non-hydrogen) atoms. The van der Waals surface area contributed by atoms with E-state index < -0.39 is 17.5 Å². The molecular formula is C12H20N2O3. The lowest BCUT2D eigenvalue weighted by molar-refractivity contribution is -0.138. The zero-order valence-corrected chi connectivity index (χ0v) is 10.8. The third-order valence-corrected chi connectivity index (χ3v) is 3.35. The second kappa shape index (κ2) is 4.94. The molecule has 0 aromatic carbocycles. The molecule has 0 spiro atoms. The van der Waals surface area contributed by atoms with Gasteiger partial charge in [-0.2, -0.15) is 0 Å². The minimum absolute atomic E-state index is 0.156. The van der Waals surface area contributed by atoms with Crippen LogP contribution in [-0.4, -0.2) is 35.7 Å². The van der Waals surface area contributed by atoms with Crippen molar-refractivity contribution in [1.82, 2.24) is 4.90 Å². The average molecular weight is 240 g/mol. The Morgan fingerprint density at radius 1 is 1.47 bits per heavy atom. The topological polar surface area (TPSA) is 66.8 Å². The maximum Gasteiger partial charge on any atom is 0.252 e. The summed E-state index contributed by atoms with van der Waals surface area (Å²) in [5, 5.41) is 2.94. The summed E-state index contributed by atoms with van der Waals surface area (Å²) >= 11 is 0. The number of hydrogen-bond donors (Lipinski definition) is 0. The summed E-state index contributed by atoms with van der Waals surface area (Å²) < 4.78 is 0. The number of aldehydes is 1. The van der Waals surface area contributed by atoms with Gasteiger partial charge >= 0.3 is 0 Å². The van der Waals surface area contributed by atoms with E-state index in [-0.39, 0.29) is 11.8 Å². The van der Waals surface area contributed by atoms with Gasteiger partial charge in [0.2, 0.25) is 0 Å². The van der Waals surface area contributed by atoms with E-state index in [0.29, 0.717) is 6.54 Å². The third kappa shape index (κ3) is 2.70. The number of carbonyl (C=O) groups is 2. The van der Waals surface area contributed by atoms with Gasteiger partial charge in [-0.15, -0.1) is 4.91 Å². The Morgan fingerprint density at radius 3 is 2.47 bits per heavy atom. The van der Waals surface area contributed by atoms with Crippen LogP contribution in [0.25, 0.3) is 0 Å².